The molecule has 0 unspecified atom stereocenters. The Labute approximate surface area is 167 Å². The summed E-state index contributed by atoms with van der Waals surface area (Å²) in [6, 6.07) is 7.93. The summed E-state index contributed by atoms with van der Waals surface area (Å²) in [4.78, 5) is 17.7. The Morgan fingerprint density at radius 3 is 2.56 bits per heavy atom. The van der Waals surface area contributed by atoms with Crippen molar-refractivity contribution in [2.24, 2.45) is 0 Å². The highest BCUT2D eigenvalue weighted by atomic mass is 32.1. The lowest BCUT2D eigenvalue weighted by molar-refractivity contribution is -0.858. The van der Waals surface area contributed by atoms with Gasteiger partial charge in [0.2, 0.25) is 5.91 Å². The van der Waals surface area contributed by atoms with Crippen molar-refractivity contribution >= 4 is 34.6 Å². The van der Waals surface area contributed by atoms with Crippen molar-refractivity contribution in [1.82, 2.24) is 10.2 Å². The molecule has 8 heteroatoms. The molecule has 150 valence electrons. The number of amides is 1. The number of quaternary nitrogens is 1. The molecule has 0 spiro atoms. The summed E-state index contributed by atoms with van der Waals surface area (Å²) in [5, 5.41) is 6.72. The highest BCUT2D eigenvalue weighted by Gasteiger charge is 2.12. The first-order chi connectivity index (χ1) is 13.0. The lowest BCUT2D eigenvalue weighted by Crippen LogP contribution is -3.05. The predicted molar refractivity (Wildman–Crippen MR) is 114 cm³/mol. The zero-order chi connectivity index (χ0) is 19.6. The Bertz CT molecular complexity index is 603. The number of likely N-dealkylation sites (N-methyl/N-ethyl adjacent to an activating group) is 1. The van der Waals surface area contributed by atoms with E-state index >= 15 is 0 Å². The normalized spacial score (nSPS) is 14.1. The van der Waals surface area contributed by atoms with E-state index in [-0.39, 0.29) is 12.5 Å². The standard InChI is InChI=1S/C19H31N5O2S/c1-22(2)10-4-9-20-19(27)23(3)15-18(25)21-16-5-7-17(8-6-16)24-11-13-26-14-12-24/h5-8H,4,9-15H2,1-3H3,(H,20,27)(H,21,25)/p+1. The summed E-state index contributed by atoms with van der Waals surface area (Å²) in [6.07, 6.45) is 1.04. The van der Waals surface area contributed by atoms with Crippen molar-refractivity contribution in [3.05, 3.63) is 24.3 Å². The first-order valence-corrected chi connectivity index (χ1v) is 9.87. The van der Waals surface area contributed by atoms with Crippen LogP contribution in [0.5, 0.6) is 0 Å². The van der Waals surface area contributed by atoms with Crippen LogP contribution in [0.3, 0.4) is 0 Å². The number of hydrogen-bond donors (Lipinski definition) is 3. The van der Waals surface area contributed by atoms with Gasteiger partial charge in [-0.2, -0.15) is 0 Å². The summed E-state index contributed by atoms with van der Waals surface area (Å²) in [7, 11) is 6.08. The van der Waals surface area contributed by atoms with Crippen molar-refractivity contribution in [2.45, 2.75) is 6.42 Å². The number of morpholine rings is 1. The van der Waals surface area contributed by atoms with Crippen LogP contribution in [0.4, 0.5) is 11.4 Å². The van der Waals surface area contributed by atoms with Crippen LogP contribution in [0.1, 0.15) is 6.42 Å². The highest BCUT2D eigenvalue weighted by Crippen LogP contribution is 2.18. The van der Waals surface area contributed by atoms with E-state index in [0.29, 0.717) is 5.11 Å². The van der Waals surface area contributed by atoms with Crippen LogP contribution in [0.2, 0.25) is 0 Å². The molecule has 0 bridgehead atoms. The molecule has 7 nitrogen and oxygen atoms in total. The third-order valence-corrected chi connectivity index (χ3v) is 4.84. The van der Waals surface area contributed by atoms with Gasteiger partial charge >= 0.3 is 0 Å². The van der Waals surface area contributed by atoms with Gasteiger partial charge in [-0.25, -0.2) is 0 Å². The fraction of sp³-hybridized carbons (Fsp3) is 0.579. The number of hydrogen-bond acceptors (Lipinski definition) is 4. The van der Waals surface area contributed by atoms with Crippen molar-refractivity contribution in [1.29, 1.82) is 0 Å². The predicted octanol–water partition coefficient (Wildman–Crippen LogP) is -0.197. The molecular formula is C19H32N5O2S+. The fourth-order valence-electron chi connectivity index (χ4n) is 2.84. The minimum atomic E-state index is -0.0847. The van der Waals surface area contributed by atoms with Crippen LogP contribution in [0.25, 0.3) is 0 Å². The molecule has 1 fully saturated rings. The lowest BCUT2D eigenvalue weighted by Gasteiger charge is -2.29. The number of thiocarbonyl (C=S) groups is 1. The molecule has 3 N–H and O–H groups in total. The number of anilines is 2. The van der Waals surface area contributed by atoms with Crippen LogP contribution in [-0.4, -0.2) is 83.0 Å². The molecule has 0 aromatic heterocycles. The summed E-state index contributed by atoms with van der Waals surface area (Å²) in [5.74, 6) is -0.0847. The SMILES string of the molecule is CN(CC(=O)Nc1ccc(N2CCOCC2)cc1)C(=S)NCCC[NH+](C)C. The van der Waals surface area contributed by atoms with E-state index in [4.69, 9.17) is 17.0 Å². The second-order valence-corrected chi connectivity index (χ2v) is 7.48. The van der Waals surface area contributed by atoms with Gasteiger partial charge in [0.25, 0.3) is 0 Å². The van der Waals surface area contributed by atoms with E-state index < -0.39 is 0 Å². The van der Waals surface area contributed by atoms with Crippen LogP contribution in [-0.2, 0) is 9.53 Å². The van der Waals surface area contributed by atoms with Gasteiger partial charge in [0.05, 0.1) is 40.4 Å². The molecule has 27 heavy (non-hydrogen) atoms. The second kappa shape index (κ2) is 11.1. The number of rotatable bonds is 8. The second-order valence-electron chi connectivity index (χ2n) is 7.09. The molecule has 0 radical (unpaired) electrons. The summed E-state index contributed by atoms with van der Waals surface area (Å²) < 4.78 is 5.37. The van der Waals surface area contributed by atoms with E-state index in [0.717, 1.165) is 57.2 Å². The van der Waals surface area contributed by atoms with Gasteiger partial charge in [-0.15, -0.1) is 0 Å². The van der Waals surface area contributed by atoms with Crippen LogP contribution < -0.4 is 20.4 Å². The van der Waals surface area contributed by atoms with E-state index in [1.54, 1.807) is 4.90 Å². The lowest BCUT2D eigenvalue weighted by atomic mass is 10.2. The number of carbonyl (C=O) groups is 1. The Balaban J connectivity index is 1.73. The first kappa shape index (κ1) is 21.4. The van der Waals surface area contributed by atoms with Gasteiger partial charge in [-0.05, 0) is 36.5 Å². The Hall–Kier alpha value is -1.90. The minimum Gasteiger partial charge on any atom is -0.378 e. The topological polar surface area (TPSA) is 61.3 Å². The Morgan fingerprint density at radius 2 is 1.93 bits per heavy atom. The zero-order valence-corrected chi connectivity index (χ0v) is 17.4. The van der Waals surface area contributed by atoms with Crippen LogP contribution in [0, 0.1) is 0 Å². The van der Waals surface area contributed by atoms with E-state index in [1.807, 2.05) is 31.3 Å². The molecule has 0 saturated carbocycles. The van der Waals surface area contributed by atoms with E-state index in [1.165, 1.54) is 4.90 Å². The summed E-state index contributed by atoms with van der Waals surface area (Å²) >= 11 is 5.34. The van der Waals surface area contributed by atoms with Gasteiger partial charge in [0.1, 0.15) is 0 Å². The largest absolute Gasteiger partial charge is 0.378 e. The summed E-state index contributed by atoms with van der Waals surface area (Å²) in [6.45, 7) is 5.44. The molecule has 1 aliphatic heterocycles. The molecule has 1 aromatic carbocycles. The first-order valence-electron chi connectivity index (χ1n) is 9.46. The van der Waals surface area contributed by atoms with E-state index in [2.05, 4.69) is 29.6 Å². The van der Waals surface area contributed by atoms with Gasteiger partial charge < -0.3 is 30.1 Å². The highest BCUT2D eigenvalue weighted by molar-refractivity contribution is 7.80. The van der Waals surface area contributed by atoms with Gasteiger partial charge in [-0.1, -0.05) is 0 Å². The van der Waals surface area contributed by atoms with Crippen molar-refractivity contribution in [2.75, 3.05) is 77.3 Å². The van der Waals surface area contributed by atoms with Crippen LogP contribution in [0.15, 0.2) is 24.3 Å². The average molecular weight is 395 g/mol. The maximum Gasteiger partial charge on any atom is 0.243 e. The third-order valence-electron chi connectivity index (χ3n) is 4.38. The molecule has 1 aromatic rings. The Kier molecular flexibility index (Phi) is 8.77. The number of nitrogens with one attached hydrogen (secondary N) is 3. The molecule has 2 rings (SSSR count). The molecule has 1 saturated heterocycles. The monoisotopic (exact) mass is 394 g/mol. The van der Waals surface area contributed by atoms with Crippen molar-refractivity contribution < 1.29 is 14.4 Å². The molecule has 1 heterocycles. The van der Waals surface area contributed by atoms with Crippen molar-refractivity contribution in [3.63, 3.8) is 0 Å². The van der Waals surface area contributed by atoms with Crippen molar-refractivity contribution in [3.8, 4) is 0 Å². The van der Waals surface area contributed by atoms with Gasteiger partial charge in [0.15, 0.2) is 5.11 Å². The maximum atomic E-state index is 12.3. The number of ether oxygens (including phenoxy) is 1. The maximum absolute atomic E-state index is 12.3. The summed E-state index contributed by atoms with van der Waals surface area (Å²) in [5.41, 5.74) is 1.94. The minimum absolute atomic E-state index is 0.0847. The quantitative estimate of drug-likeness (QED) is 0.420. The molecule has 1 aliphatic rings. The number of benzene rings is 1. The molecule has 0 atom stereocenters. The molecule has 0 aliphatic carbocycles. The molecular weight excluding hydrogens is 362 g/mol. The number of carbonyl (C=O) groups excluding carboxylic acids is 1. The number of nitrogens with zero attached hydrogens (tertiary/aromatic N) is 2. The molecule has 1 amide bonds. The van der Waals surface area contributed by atoms with E-state index in [9.17, 15) is 4.79 Å². The van der Waals surface area contributed by atoms with Gasteiger partial charge in [0, 0.05) is 44.5 Å². The smallest absolute Gasteiger partial charge is 0.243 e. The third kappa shape index (κ3) is 7.70. The fourth-order valence-corrected chi connectivity index (χ4v) is 3.00. The zero-order valence-electron chi connectivity index (χ0n) is 16.6. The van der Waals surface area contributed by atoms with Gasteiger partial charge in [-0.3, -0.25) is 4.79 Å². The van der Waals surface area contributed by atoms with Crippen LogP contribution >= 0.6 is 12.2 Å². The Morgan fingerprint density at radius 1 is 1.26 bits per heavy atom. The average Bonchev–Trinajstić information content (AvgIpc) is 2.66.